The number of hydrogen-bond acceptors (Lipinski definition) is 5. The number of nitrogens with one attached hydrogen (secondary N) is 1. The van der Waals surface area contributed by atoms with Crippen molar-refractivity contribution in [3.05, 3.63) is 41.6 Å². The maximum absolute atomic E-state index is 12.1. The molecule has 0 aliphatic carbocycles. The Balaban J connectivity index is 2.20. The molecule has 0 saturated carbocycles. The summed E-state index contributed by atoms with van der Waals surface area (Å²) in [5.41, 5.74) is 6.64. The molecule has 6 nitrogen and oxygen atoms in total. The molecule has 0 saturated heterocycles. The van der Waals surface area contributed by atoms with E-state index in [1.807, 2.05) is 0 Å². The van der Waals surface area contributed by atoms with E-state index < -0.39 is 10.0 Å². The summed E-state index contributed by atoms with van der Waals surface area (Å²) in [6.45, 7) is 3.46. The van der Waals surface area contributed by atoms with Crippen molar-refractivity contribution in [3.8, 4) is 0 Å². The number of hydrogen-bond donors (Lipinski definition) is 2. The number of nitrogen functional groups attached to an aromatic ring is 1. The lowest BCUT2D eigenvalue weighted by Crippen LogP contribution is -2.24. The number of aryl methyl sites for hydroxylation is 2. The summed E-state index contributed by atoms with van der Waals surface area (Å²) in [5, 5.41) is 0. The average Bonchev–Trinajstić information content (AvgIpc) is 2.76. The van der Waals surface area contributed by atoms with Crippen molar-refractivity contribution in [2.24, 2.45) is 0 Å². The lowest BCUT2D eigenvalue weighted by atomic mass is 10.2. The van der Waals surface area contributed by atoms with Gasteiger partial charge in [0.2, 0.25) is 15.9 Å². The fourth-order valence-corrected chi connectivity index (χ4v) is 2.88. The molecular formula is C12H15N3O3S. The summed E-state index contributed by atoms with van der Waals surface area (Å²) in [6.07, 6.45) is 1.54. The third-order valence-electron chi connectivity index (χ3n) is 2.58. The number of rotatable bonds is 4. The maximum Gasteiger partial charge on any atom is 0.241 e. The molecule has 3 N–H and O–H groups in total. The Labute approximate surface area is 111 Å². The van der Waals surface area contributed by atoms with E-state index in [4.69, 9.17) is 10.2 Å². The molecule has 7 heteroatoms. The average molecular weight is 281 g/mol. The Bertz CT molecular complexity index is 692. The SMILES string of the molecule is Cc1cnc(CNS(=O)(=O)c2cc(N)ccc2C)o1. The van der Waals surface area contributed by atoms with Gasteiger partial charge in [-0.2, -0.15) is 0 Å². The van der Waals surface area contributed by atoms with Crippen molar-refractivity contribution in [1.29, 1.82) is 0 Å². The van der Waals surface area contributed by atoms with Gasteiger partial charge in [0.25, 0.3) is 0 Å². The van der Waals surface area contributed by atoms with E-state index in [1.165, 1.54) is 12.3 Å². The van der Waals surface area contributed by atoms with Crippen LogP contribution in [-0.4, -0.2) is 13.4 Å². The minimum atomic E-state index is -3.63. The van der Waals surface area contributed by atoms with Gasteiger partial charge in [0, 0.05) is 5.69 Å². The second-order valence-electron chi connectivity index (χ2n) is 4.21. The van der Waals surface area contributed by atoms with Gasteiger partial charge in [-0.1, -0.05) is 6.07 Å². The third kappa shape index (κ3) is 3.12. The minimum Gasteiger partial charge on any atom is -0.445 e. The maximum atomic E-state index is 12.1. The van der Waals surface area contributed by atoms with Gasteiger partial charge in [0.05, 0.1) is 17.6 Å². The number of nitrogens with two attached hydrogens (primary N) is 1. The first-order chi connectivity index (χ1) is 8.88. The van der Waals surface area contributed by atoms with Gasteiger partial charge in [0.15, 0.2) is 0 Å². The van der Waals surface area contributed by atoms with Gasteiger partial charge >= 0.3 is 0 Å². The number of aromatic nitrogens is 1. The number of anilines is 1. The summed E-state index contributed by atoms with van der Waals surface area (Å²) in [6, 6.07) is 4.75. The van der Waals surface area contributed by atoms with Crippen molar-refractivity contribution >= 4 is 15.7 Å². The molecule has 0 atom stereocenters. The van der Waals surface area contributed by atoms with E-state index in [-0.39, 0.29) is 11.4 Å². The van der Waals surface area contributed by atoms with Crippen LogP contribution in [0.2, 0.25) is 0 Å². The van der Waals surface area contributed by atoms with E-state index in [1.54, 1.807) is 26.0 Å². The first-order valence-corrected chi connectivity index (χ1v) is 7.14. The van der Waals surface area contributed by atoms with Crippen LogP contribution in [-0.2, 0) is 16.6 Å². The second kappa shape index (κ2) is 5.02. The molecular weight excluding hydrogens is 266 g/mol. The van der Waals surface area contributed by atoms with E-state index >= 15 is 0 Å². The van der Waals surface area contributed by atoms with Crippen molar-refractivity contribution < 1.29 is 12.8 Å². The molecule has 1 heterocycles. The predicted octanol–water partition coefficient (Wildman–Crippen LogP) is 1.35. The smallest absolute Gasteiger partial charge is 0.241 e. The van der Waals surface area contributed by atoms with E-state index in [0.717, 1.165) is 0 Å². The lowest BCUT2D eigenvalue weighted by molar-refractivity contribution is 0.463. The summed E-state index contributed by atoms with van der Waals surface area (Å²) in [5.74, 6) is 0.956. The largest absolute Gasteiger partial charge is 0.445 e. The third-order valence-corrected chi connectivity index (χ3v) is 4.13. The van der Waals surface area contributed by atoms with Crippen LogP contribution in [0.5, 0.6) is 0 Å². The Morgan fingerprint density at radius 1 is 1.37 bits per heavy atom. The summed E-state index contributed by atoms with van der Waals surface area (Å²) in [7, 11) is -3.63. The summed E-state index contributed by atoms with van der Waals surface area (Å²) in [4.78, 5) is 4.10. The lowest BCUT2D eigenvalue weighted by Gasteiger charge is -2.08. The second-order valence-corrected chi connectivity index (χ2v) is 5.95. The number of nitrogens with zero attached hydrogens (tertiary/aromatic N) is 1. The van der Waals surface area contributed by atoms with Crippen LogP contribution in [0.3, 0.4) is 0 Å². The molecule has 1 aromatic heterocycles. The Morgan fingerprint density at radius 3 is 2.74 bits per heavy atom. The van der Waals surface area contributed by atoms with Gasteiger partial charge in [0.1, 0.15) is 5.76 Å². The fourth-order valence-electron chi connectivity index (χ4n) is 1.62. The van der Waals surface area contributed by atoms with Crippen LogP contribution in [0.25, 0.3) is 0 Å². The Morgan fingerprint density at radius 2 is 2.11 bits per heavy atom. The molecule has 2 rings (SSSR count). The molecule has 0 spiro atoms. The Hall–Kier alpha value is -1.86. The monoisotopic (exact) mass is 281 g/mol. The molecule has 0 aliphatic rings. The number of benzene rings is 1. The summed E-state index contributed by atoms with van der Waals surface area (Å²) >= 11 is 0. The van der Waals surface area contributed by atoms with Gasteiger partial charge in [-0.05, 0) is 31.5 Å². The van der Waals surface area contributed by atoms with Crippen LogP contribution in [0.1, 0.15) is 17.2 Å². The predicted molar refractivity (Wildman–Crippen MR) is 70.9 cm³/mol. The molecule has 2 aromatic rings. The van der Waals surface area contributed by atoms with Crippen molar-refractivity contribution in [1.82, 2.24) is 9.71 Å². The first-order valence-electron chi connectivity index (χ1n) is 5.65. The van der Waals surface area contributed by atoms with Gasteiger partial charge in [-0.15, -0.1) is 0 Å². The molecule has 0 radical (unpaired) electrons. The standard InChI is InChI=1S/C12H15N3O3S/c1-8-3-4-10(13)5-11(8)19(16,17)15-7-12-14-6-9(2)18-12/h3-6,15H,7,13H2,1-2H3. The highest BCUT2D eigenvalue weighted by atomic mass is 32.2. The van der Waals surface area contributed by atoms with Gasteiger partial charge in [-0.25, -0.2) is 18.1 Å². The summed E-state index contributed by atoms with van der Waals surface area (Å²) < 4.78 is 31.9. The van der Waals surface area contributed by atoms with Crippen LogP contribution >= 0.6 is 0 Å². The van der Waals surface area contributed by atoms with Crippen LogP contribution < -0.4 is 10.5 Å². The number of oxazole rings is 1. The van der Waals surface area contributed by atoms with E-state index in [0.29, 0.717) is 22.9 Å². The molecule has 0 amide bonds. The zero-order valence-corrected chi connectivity index (χ0v) is 11.5. The first kappa shape index (κ1) is 13.6. The minimum absolute atomic E-state index is 0.00438. The normalized spacial score (nSPS) is 11.7. The van der Waals surface area contributed by atoms with Crippen LogP contribution in [0.4, 0.5) is 5.69 Å². The zero-order valence-electron chi connectivity index (χ0n) is 10.7. The van der Waals surface area contributed by atoms with E-state index in [9.17, 15) is 8.42 Å². The topological polar surface area (TPSA) is 98.2 Å². The molecule has 1 aromatic carbocycles. The molecule has 0 unspecified atom stereocenters. The highest BCUT2D eigenvalue weighted by Gasteiger charge is 2.17. The van der Waals surface area contributed by atoms with E-state index in [2.05, 4.69) is 9.71 Å². The quantitative estimate of drug-likeness (QED) is 0.824. The zero-order chi connectivity index (χ0) is 14.0. The fraction of sp³-hybridized carbons (Fsp3) is 0.250. The van der Waals surface area contributed by atoms with Crippen molar-refractivity contribution in [2.75, 3.05) is 5.73 Å². The number of sulfonamides is 1. The highest BCUT2D eigenvalue weighted by molar-refractivity contribution is 7.89. The van der Waals surface area contributed by atoms with Gasteiger partial charge < -0.3 is 10.2 Å². The molecule has 19 heavy (non-hydrogen) atoms. The van der Waals surface area contributed by atoms with Crippen molar-refractivity contribution in [3.63, 3.8) is 0 Å². The van der Waals surface area contributed by atoms with Crippen LogP contribution in [0.15, 0.2) is 33.7 Å². The van der Waals surface area contributed by atoms with Crippen molar-refractivity contribution in [2.45, 2.75) is 25.3 Å². The van der Waals surface area contributed by atoms with Crippen LogP contribution in [0, 0.1) is 13.8 Å². The van der Waals surface area contributed by atoms with Gasteiger partial charge in [-0.3, -0.25) is 0 Å². The molecule has 0 bridgehead atoms. The highest BCUT2D eigenvalue weighted by Crippen LogP contribution is 2.18. The Kier molecular flexibility index (Phi) is 3.59. The molecule has 102 valence electrons. The molecule has 0 fully saturated rings. The molecule has 0 aliphatic heterocycles.